The molecule has 3 nitrogen and oxygen atoms in total. The Kier molecular flexibility index (Phi) is 16.3. The topological polar surface area (TPSA) is 15.7 Å². The Hall–Kier alpha value is -1.68. The fraction of sp³-hybridized carbons (Fsp3) is 0.472. The van der Waals surface area contributed by atoms with E-state index in [4.69, 9.17) is 4.12 Å². The third-order valence-electron chi connectivity index (χ3n) is 7.35. The van der Waals surface area contributed by atoms with Gasteiger partial charge in [-0.15, -0.1) is 19.8 Å². The van der Waals surface area contributed by atoms with Crippen molar-refractivity contribution in [1.29, 1.82) is 0 Å². The Labute approximate surface area is 276 Å². The number of rotatable bonds is 10. The van der Waals surface area contributed by atoms with Crippen LogP contribution >= 0.6 is 0 Å². The number of benzene rings is 2. The van der Waals surface area contributed by atoms with Gasteiger partial charge in [0.1, 0.15) is 0 Å². The molecule has 6 heteroatoms. The van der Waals surface area contributed by atoms with Crippen LogP contribution in [0.3, 0.4) is 0 Å². The second-order valence-corrected chi connectivity index (χ2v) is 21.2. The fourth-order valence-corrected chi connectivity index (χ4v) is 11.1. The predicted octanol–water partition coefficient (Wildman–Crippen LogP) is 11.6. The normalized spacial score (nSPS) is 13.2. The van der Waals surface area contributed by atoms with Gasteiger partial charge in [-0.25, -0.2) is 0 Å². The Bertz CT molecular complexity index is 1040. The molecule has 1 aliphatic rings. The van der Waals surface area contributed by atoms with E-state index in [0.29, 0.717) is 23.7 Å². The average Bonchev–Trinajstić information content (AvgIpc) is 3.37. The minimum absolute atomic E-state index is 0. The molecular formula is C36H59N2OPdSi2-. The van der Waals surface area contributed by atoms with Crippen molar-refractivity contribution >= 4 is 28.0 Å². The minimum Gasteiger partial charge on any atom is -0.479 e. The van der Waals surface area contributed by atoms with Crippen LogP contribution in [-0.2, 0) is 24.5 Å². The van der Waals surface area contributed by atoms with E-state index in [1.807, 2.05) is 11.4 Å². The van der Waals surface area contributed by atoms with Crippen LogP contribution in [0.4, 0.5) is 11.4 Å². The van der Waals surface area contributed by atoms with Crippen molar-refractivity contribution in [2.75, 3.05) is 9.80 Å². The predicted molar refractivity (Wildman–Crippen MR) is 191 cm³/mol. The van der Waals surface area contributed by atoms with Crippen molar-refractivity contribution in [3.63, 3.8) is 0 Å². The third kappa shape index (κ3) is 10.5. The zero-order chi connectivity index (χ0) is 30.4. The van der Waals surface area contributed by atoms with E-state index in [-0.39, 0.29) is 27.8 Å². The smallest absolute Gasteiger partial charge is 0.198 e. The summed E-state index contributed by atoms with van der Waals surface area (Å²) in [6.07, 6.45) is 4.43. The summed E-state index contributed by atoms with van der Waals surface area (Å²) in [5.74, 6) is 1.92. The molecule has 0 atom stereocenters. The molecule has 42 heavy (non-hydrogen) atoms. The molecule has 1 aliphatic heterocycles. The summed E-state index contributed by atoms with van der Waals surface area (Å²) in [4.78, 5) is 4.65. The van der Waals surface area contributed by atoms with Crippen molar-refractivity contribution in [3.8, 4) is 0 Å². The van der Waals surface area contributed by atoms with Crippen LogP contribution in [0, 0.1) is 6.67 Å². The quantitative estimate of drug-likeness (QED) is 0.182. The van der Waals surface area contributed by atoms with Crippen LogP contribution in [0.25, 0.3) is 0 Å². The average molecular weight is 698 g/mol. The van der Waals surface area contributed by atoms with Crippen molar-refractivity contribution in [1.82, 2.24) is 0 Å². The monoisotopic (exact) mass is 697 g/mol. The number of hydrogen-bond acceptors (Lipinski definition) is 3. The number of hydrogen-bond donors (Lipinski definition) is 0. The molecular weight excluding hydrogens is 639 g/mol. The molecule has 0 fully saturated rings. The van der Waals surface area contributed by atoms with Gasteiger partial charge in [-0.3, -0.25) is 0 Å². The van der Waals surface area contributed by atoms with Crippen LogP contribution in [0.1, 0.15) is 109 Å². The van der Waals surface area contributed by atoms with Gasteiger partial charge in [0.15, 0.2) is 16.6 Å². The molecule has 0 N–H and O–H groups in total. The molecule has 0 spiro atoms. The van der Waals surface area contributed by atoms with Gasteiger partial charge in [-0.2, -0.15) is 0 Å². The van der Waals surface area contributed by atoms with E-state index in [1.54, 1.807) is 0 Å². The maximum Gasteiger partial charge on any atom is 0.198 e. The van der Waals surface area contributed by atoms with Crippen molar-refractivity contribution in [2.24, 2.45) is 0 Å². The standard InChI is InChI=1S/C27H37N2.C8H18OSi2.CH4.Pd/c1-18(2)22-11-9-12-23(19(3)4)26(22)28-15-16-29(17-28)27-24(20(5)6)13-10-14-25(27)21(7)8;1-7-10(3,4)9-11(5,6)8-2;;/h9-21H,1-8H3;7-8H,1-2H2,3-6H3;1H4;/q-1;;;. The second kappa shape index (κ2) is 17.0. The molecule has 0 radical (unpaired) electrons. The van der Waals surface area contributed by atoms with Crippen LogP contribution in [0.15, 0.2) is 73.4 Å². The third-order valence-corrected chi connectivity index (χ3v) is 13.5. The molecule has 2 aromatic rings. The van der Waals surface area contributed by atoms with Gasteiger partial charge in [0, 0.05) is 31.8 Å². The van der Waals surface area contributed by atoms with Crippen LogP contribution in [-0.4, -0.2) is 16.6 Å². The first-order chi connectivity index (χ1) is 18.5. The second-order valence-electron chi connectivity index (χ2n) is 13.1. The van der Waals surface area contributed by atoms with Crippen LogP contribution < -0.4 is 9.80 Å². The van der Waals surface area contributed by atoms with Crippen molar-refractivity contribution in [2.45, 2.75) is 113 Å². The molecule has 1 heterocycles. The molecule has 0 saturated carbocycles. The summed E-state index contributed by atoms with van der Waals surface area (Å²) in [5, 5.41) is 0. The molecule has 3 rings (SSSR count). The number of para-hydroxylation sites is 2. The Morgan fingerprint density at radius 2 is 0.881 bits per heavy atom. The van der Waals surface area contributed by atoms with Gasteiger partial charge < -0.3 is 13.9 Å². The van der Waals surface area contributed by atoms with E-state index in [0.717, 1.165) is 0 Å². The van der Waals surface area contributed by atoms with E-state index < -0.39 is 16.6 Å². The van der Waals surface area contributed by atoms with Gasteiger partial charge in [0.25, 0.3) is 0 Å². The summed E-state index contributed by atoms with van der Waals surface area (Å²) < 4.78 is 5.97. The summed E-state index contributed by atoms with van der Waals surface area (Å²) in [6, 6.07) is 13.5. The Morgan fingerprint density at radius 1 is 0.619 bits per heavy atom. The first-order valence-electron chi connectivity index (χ1n) is 14.9. The first kappa shape index (κ1) is 40.3. The molecule has 0 unspecified atom stereocenters. The summed E-state index contributed by atoms with van der Waals surface area (Å²) >= 11 is 0. The fourth-order valence-electron chi connectivity index (χ4n) is 5.00. The van der Waals surface area contributed by atoms with E-state index in [2.05, 4.69) is 160 Å². The van der Waals surface area contributed by atoms with E-state index in [9.17, 15) is 0 Å². The molecule has 0 saturated heterocycles. The molecule has 0 bridgehead atoms. The minimum atomic E-state index is -1.58. The van der Waals surface area contributed by atoms with Crippen LogP contribution in [0.5, 0.6) is 0 Å². The summed E-state index contributed by atoms with van der Waals surface area (Å²) in [7, 11) is -3.16. The van der Waals surface area contributed by atoms with E-state index >= 15 is 0 Å². The van der Waals surface area contributed by atoms with Gasteiger partial charge in [-0.05, 0) is 84.5 Å². The molecule has 0 aliphatic carbocycles. The molecule has 238 valence electrons. The van der Waals surface area contributed by atoms with Gasteiger partial charge >= 0.3 is 0 Å². The van der Waals surface area contributed by atoms with Gasteiger partial charge in [0.05, 0.1) is 0 Å². The number of anilines is 2. The largest absolute Gasteiger partial charge is 0.479 e. The summed E-state index contributed by atoms with van der Waals surface area (Å²) in [5.41, 5.74) is 12.2. The molecule has 2 aromatic carbocycles. The number of nitrogens with zero attached hydrogens (tertiary/aromatic N) is 2. The maximum absolute atomic E-state index is 5.97. The van der Waals surface area contributed by atoms with E-state index in [1.165, 1.54) is 33.6 Å². The van der Waals surface area contributed by atoms with Crippen molar-refractivity contribution in [3.05, 3.63) is 102 Å². The molecule has 0 aromatic heterocycles. The van der Waals surface area contributed by atoms with Gasteiger partial charge in [0.2, 0.25) is 0 Å². The zero-order valence-electron chi connectivity index (χ0n) is 27.7. The van der Waals surface area contributed by atoms with Gasteiger partial charge in [-0.1, -0.05) is 111 Å². The Morgan fingerprint density at radius 3 is 1.10 bits per heavy atom. The SMILES string of the molecule is C.C=C[Si](C)(C)O[Si](C)(C)C=C.CC(C)c1cccc(C(C)C)c1N1C=CN(c2c(C(C)C)cccc2C(C)C)[CH-]1.[Pd]. The zero-order valence-corrected chi connectivity index (χ0v) is 31.2. The maximum atomic E-state index is 5.97. The Balaban J connectivity index is 0.00000111. The summed E-state index contributed by atoms with van der Waals surface area (Å²) in [6.45, 7) is 36.7. The van der Waals surface area contributed by atoms with Crippen LogP contribution in [0.2, 0.25) is 26.2 Å². The molecule has 0 amide bonds. The van der Waals surface area contributed by atoms with Crippen molar-refractivity contribution < 1.29 is 24.5 Å². The first-order valence-corrected chi connectivity index (χ1v) is 20.8.